The standard InChI is InChI=1S/C21H22ClN3O3/c1-14-2-3-16(12-18(14)22)25-20(27)13-19(21(25)28)24-10-8-23(9-11-24)15-4-6-17(26)7-5-15/h2-7,12,19,26H,8-11,13H2,1H3/t19-/m0/s1. The lowest BCUT2D eigenvalue weighted by molar-refractivity contribution is -0.123. The zero-order valence-corrected chi connectivity index (χ0v) is 16.4. The Kier molecular flexibility index (Phi) is 5.00. The number of carbonyl (C=O) groups is 2. The zero-order valence-electron chi connectivity index (χ0n) is 15.6. The highest BCUT2D eigenvalue weighted by molar-refractivity contribution is 6.32. The number of anilines is 2. The van der Waals surface area contributed by atoms with Crippen LogP contribution in [0, 0.1) is 6.92 Å². The van der Waals surface area contributed by atoms with E-state index in [1.807, 2.05) is 25.1 Å². The molecular formula is C21H22ClN3O3. The number of amides is 2. The minimum atomic E-state index is -0.422. The number of carbonyl (C=O) groups excluding carboxylic acids is 2. The first kappa shape index (κ1) is 18.8. The number of phenolic OH excluding ortho intramolecular Hbond substituents is 1. The van der Waals surface area contributed by atoms with Crippen LogP contribution in [0.2, 0.25) is 5.02 Å². The molecule has 2 aliphatic rings. The maximum Gasteiger partial charge on any atom is 0.251 e. The lowest BCUT2D eigenvalue weighted by atomic mass is 10.1. The first-order valence-corrected chi connectivity index (χ1v) is 9.73. The maximum absolute atomic E-state index is 13.0. The number of piperazine rings is 1. The van der Waals surface area contributed by atoms with Gasteiger partial charge in [0.1, 0.15) is 5.75 Å². The summed E-state index contributed by atoms with van der Waals surface area (Å²) in [4.78, 5) is 31.1. The smallest absolute Gasteiger partial charge is 0.251 e. The van der Waals surface area contributed by atoms with Crippen molar-refractivity contribution in [2.75, 3.05) is 36.0 Å². The first-order valence-electron chi connectivity index (χ1n) is 9.35. The molecule has 2 amide bonds. The van der Waals surface area contributed by atoms with Gasteiger partial charge in [0.05, 0.1) is 18.2 Å². The second-order valence-corrected chi connectivity index (χ2v) is 7.67. The number of aromatic hydroxyl groups is 1. The van der Waals surface area contributed by atoms with Crippen LogP contribution in [0.3, 0.4) is 0 Å². The van der Waals surface area contributed by atoms with Crippen molar-refractivity contribution in [1.29, 1.82) is 0 Å². The third-order valence-corrected chi connectivity index (χ3v) is 5.91. The van der Waals surface area contributed by atoms with E-state index >= 15 is 0 Å². The van der Waals surface area contributed by atoms with Crippen molar-refractivity contribution in [3.63, 3.8) is 0 Å². The summed E-state index contributed by atoms with van der Waals surface area (Å²) in [7, 11) is 0. The molecule has 7 heteroatoms. The van der Waals surface area contributed by atoms with Crippen molar-refractivity contribution in [1.82, 2.24) is 4.90 Å². The van der Waals surface area contributed by atoms with Crippen molar-refractivity contribution in [2.45, 2.75) is 19.4 Å². The number of rotatable bonds is 3. The second kappa shape index (κ2) is 7.45. The summed E-state index contributed by atoms with van der Waals surface area (Å²) in [6.07, 6.45) is 0.198. The fourth-order valence-electron chi connectivity index (χ4n) is 3.85. The SMILES string of the molecule is Cc1ccc(N2C(=O)C[C@H](N3CCN(c4ccc(O)cc4)CC3)C2=O)cc1Cl. The van der Waals surface area contributed by atoms with Gasteiger partial charge in [0.15, 0.2) is 0 Å². The number of benzene rings is 2. The Hall–Kier alpha value is -2.57. The molecule has 4 rings (SSSR count). The fraction of sp³-hybridized carbons (Fsp3) is 0.333. The van der Waals surface area contributed by atoms with Crippen LogP contribution in [0.1, 0.15) is 12.0 Å². The van der Waals surface area contributed by atoms with Gasteiger partial charge in [0.25, 0.3) is 5.91 Å². The molecule has 2 aromatic carbocycles. The predicted octanol–water partition coefficient (Wildman–Crippen LogP) is 2.81. The van der Waals surface area contributed by atoms with E-state index < -0.39 is 6.04 Å². The van der Waals surface area contributed by atoms with Crippen LogP contribution in [0.4, 0.5) is 11.4 Å². The van der Waals surface area contributed by atoms with Gasteiger partial charge in [-0.15, -0.1) is 0 Å². The summed E-state index contributed by atoms with van der Waals surface area (Å²) in [5, 5.41) is 9.98. The largest absolute Gasteiger partial charge is 0.508 e. The number of halogens is 1. The summed E-state index contributed by atoms with van der Waals surface area (Å²) < 4.78 is 0. The van der Waals surface area contributed by atoms with E-state index in [4.69, 9.17) is 11.6 Å². The normalized spacial score (nSPS) is 20.9. The predicted molar refractivity (Wildman–Crippen MR) is 109 cm³/mol. The number of hydrogen-bond donors (Lipinski definition) is 1. The van der Waals surface area contributed by atoms with Gasteiger partial charge in [-0.05, 0) is 48.9 Å². The van der Waals surface area contributed by atoms with Gasteiger partial charge >= 0.3 is 0 Å². The van der Waals surface area contributed by atoms with Crippen LogP contribution < -0.4 is 9.80 Å². The topological polar surface area (TPSA) is 64.1 Å². The fourth-order valence-corrected chi connectivity index (χ4v) is 4.02. The molecule has 2 fully saturated rings. The van der Waals surface area contributed by atoms with Gasteiger partial charge in [0, 0.05) is 36.9 Å². The summed E-state index contributed by atoms with van der Waals surface area (Å²) in [5.74, 6) is -0.118. The Morgan fingerprint density at radius 3 is 2.25 bits per heavy atom. The van der Waals surface area contributed by atoms with E-state index in [1.54, 1.807) is 24.3 Å². The zero-order chi connectivity index (χ0) is 19.8. The van der Waals surface area contributed by atoms with Crippen molar-refractivity contribution in [3.05, 3.63) is 53.1 Å². The lowest BCUT2D eigenvalue weighted by Crippen LogP contribution is -2.52. The van der Waals surface area contributed by atoms with Crippen LogP contribution in [0.25, 0.3) is 0 Å². The van der Waals surface area contributed by atoms with E-state index in [-0.39, 0.29) is 24.0 Å². The van der Waals surface area contributed by atoms with Crippen LogP contribution in [-0.2, 0) is 9.59 Å². The Morgan fingerprint density at radius 1 is 0.964 bits per heavy atom. The summed E-state index contributed by atoms with van der Waals surface area (Å²) >= 11 is 6.18. The quantitative estimate of drug-likeness (QED) is 0.804. The average molecular weight is 400 g/mol. The molecule has 28 heavy (non-hydrogen) atoms. The monoisotopic (exact) mass is 399 g/mol. The summed E-state index contributed by atoms with van der Waals surface area (Å²) in [6, 6.07) is 12.0. The van der Waals surface area contributed by atoms with Crippen LogP contribution in [-0.4, -0.2) is 54.0 Å². The molecule has 0 bridgehead atoms. The van der Waals surface area contributed by atoms with E-state index in [1.165, 1.54) is 4.90 Å². The Balaban J connectivity index is 1.44. The molecular weight excluding hydrogens is 378 g/mol. The van der Waals surface area contributed by atoms with E-state index in [0.29, 0.717) is 23.8 Å². The second-order valence-electron chi connectivity index (χ2n) is 7.26. The van der Waals surface area contributed by atoms with Crippen LogP contribution in [0.5, 0.6) is 5.75 Å². The van der Waals surface area contributed by atoms with Crippen molar-refractivity contribution < 1.29 is 14.7 Å². The van der Waals surface area contributed by atoms with Crippen molar-refractivity contribution >= 4 is 34.8 Å². The van der Waals surface area contributed by atoms with Crippen molar-refractivity contribution in [3.8, 4) is 5.75 Å². The number of imide groups is 1. The summed E-state index contributed by atoms with van der Waals surface area (Å²) in [6.45, 7) is 4.81. The number of hydrogen-bond acceptors (Lipinski definition) is 5. The molecule has 2 aromatic rings. The molecule has 2 saturated heterocycles. The Bertz CT molecular complexity index is 908. The number of aryl methyl sites for hydroxylation is 1. The molecule has 0 spiro atoms. The molecule has 0 radical (unpaired) electrons. The van der Waals surface area contributed by atoms with E-state index in [0.717, 1.165) is 24.3 Å². The van der Waals surface area contributed by atoms with Crippen LogP contribution >= 0.6 is 11.6 Å². The molecule has 0 aromatic heterocycles. The van der Waals surface area contributed by atoms with Gasteiger partial charge < -0.3 is 10.0 Å². The number of nitrogens with zero attached hydrogens (tertiary/aromatic N) is 3. The van der Waals surface area contributed by atoms with Gasteiger partial charge in [0.2, 0.25) is 5.91 Å². The maximum atomic E-state index is 13.0. The molecule has 1 atom stereocenters. The highest BCUT2D eigenvalue weighted by atomic mass is 35.5. The van der Waals surface area contributed by atoms with Gasteiger partial charge in [-0.1, -0.05) is 17.7 Å². The average Bonchev–Trinajstić information content (AvgIpc) is 2.99. The molecule has 0 saturated carbocycles. The van der Waals surface area contributed by atoms with Gasteiger partial charge in [-0.3, -0.25) is 14.5 Å². The molecule has 2 heterocycles. The lowest BCUT2D eigenvalue weighted by Gasteiger charge is -2.38. The van der Waals surface area contributed by atoms with Gasteiger partial charge in [-0.25, -0.2) is 4.90 Å². The number of phenols is 1. The highest BCUT2D eigenvalue weighted by Gasteiger charge is 2.43. The van der Waals surface area contributed by atoms with E-state index in [9.17, 15) is 14.7 Å². The van der Waals surface area contributed by atoms with Crippen molar-refractivity contribution in [2.24, 2.45) is 0 Å². The highest BCUT2D eigenvalue weighted by Crippen LogP contribution is 2.30. The third kappa shape index (κ3) is 3.45. The minimum absolute atomic E-state index is 0.178. The molecule has 6 nitrogen and oxygen atoms in total. The minimum Gasteiger partial charge on any atom is -0.508 e. The van der Waals surface area contributed by atoms with Crippen LogP contribution in [0.15, 0.2) is 42.5 Å². The Morgan fingerprint density at radius 2 is 1.61 bits per heavy atom. The molecule has 0 unspecified atom stereocenters. The molecule has 1 N–H and O–H groups in total. The third-order valence-electron chi connectivity index (χ3n) is 5.51. The molecule has 2 aliphatic heterocycles. The summed E-state index contributed by atoms with van der Waals surface area (Å²) in [5.41, 5.74) is 2.49. The molecule has 0 aliphatic carbocycles. The van der Waals surface area contributed by atoms with E-state index in [2.05, 4.69) is 9.80 Å². The first-order chi connectivity index (χ1) is 13.4. The van der Waals surface area contributed by atoms with Gasteiger partial charge in [-0.2, -0.15) is 0 Å². The Labute approximate surface area is 168 Å². The molecule has 146 valence electrons.